The van der Waals surface area contributed by atoms with Gasteiger partial charge in [-0.25, -0.2) is 10.2 Å². The zero-order valence-corrected chi connectivity index (χ0v) is 15.8. The van der Waals surface area contributed by atoms with Crippen molar-refractivity contribution in [2.24, 2.45) is 5.10 Å². The van der Waals surface area contributed by atoms with Gasteiger partial charge in [-0.1, -0.05) is 36.4 Å². The van der Waals surface area contributed by atoms with Gasteiger partial charge in [0.2, 0.25) is 6.10 Å². The smallest absolute Gasteiger partial charge is 0.341 e. The van der Waals surface area contributed by atoms with E-state index in [1.54, 1.807) is 24.3 Å². The molecule has 0 fully saturated rings. The second-order valence-corrected chi connectivity index (χ2v) is 6.52. The lowest BCUT2D eigenvalue weighted by atomic mass is 10.1. The van der Waals surface area contributed by atoms with Crippen LogP contribution in [0.4, 0.5) is 0 Å². The Morgan fingerprint density at radius 3 is 2.57 bits per heavy atom. The van der Waals surface area contributed by atoms with Crippen LogP contribution in [-0.4, -0.2) is 42.5 Å². The maximum absolute atomic E-state index is 12.4. The van der Waals surface area contributed by atoms with E-state index in [2.05, 4.69) is 10.5 Å². The summed E-state index contributed by atoms with van der Waals surface area (Å²) >= 11 is 0. The Balaban J connectivity index is 1.41. The van der Waals surface area contributed by atoms with Crippen molar-refractivity contribution < 1.29 is 28.9 Å². The molecule has 2 N–H and O–H groups in total. The molecule has 3 aromatic carbocycles. The molecule has 0 aliphatic carbocycles. The second kappa shape index (κ2) is 8.52. The maximum Gasteiger partial charge on any atom is 0.341 e. The molecule has 0 radical (unpaired) electrons. The molecule has 30 heavy (non-hydrogen) atoms. The highest BCUT2D eigenvalue weighted by atomic mass is 16.6. The van der Waals surface area contributed by atoms with Crippen molar-refractivity contribution >= 4 is 28.9 Å². The Morgan fingerprint density at radius 2 is 1.80 bits per heavy atom. The van der Waals surface area contributed by atoms with Gasteiger partial charge < -0.3 is 19.3 Å². The van der Waals surface area contributed by atoms with Crippen molar-refractivity contribution in [2.45, 2.75) is 6.10 Å². The van der Waals surface area contributed by atoms with Crippen LogP contribution in [0.1, 0.15) is 5.56 Å². The van der Waals surface area contributed by atoms with Gasteiger partial charge in [-0.3, -0.25) is 4.79 Å². The van der Waals surface area contributed by atoms with E-state index in [9.17, 15) is 9.59 Å². The number of hydrazone groups is 1. The largest absolute Gasteiger partial charge is 0.485 e. The van der Waals surface area contributed by atoms with Crippen LogP contribution in [-0.2, 0) is 9.59 Å². The summed E-state index contributed by atoms with van der Waals surface area (Å²) in [6.45, 7) is -0.413. The highest BCUT2D eigenvalue weighted by molar-refractivity contribution is 5.88. The number of rotatable bonds is 6. The molecular weight excluding hydrogens is 388 g/mol. The van der Waals surface area contributed by atoms with Gasteiger partial charge >= 0.3 is 5.97 Å². The third-order valence-electron chi connectivity index (χ3n) is 4.41. The Hall–Kier alpha value is -4.07. The first-order valence-electron chi connectivity index (χ1n) is 9.19. The van der Waals surface area contributed by atoms with Crippen molar-refractivity contribution in [3.8, 4) is 17.2 Å². The van der Waals surface area contributed by atoms with Gasteiger partial charge in [0.15, 0.2) is 18.1 Å². The average Bonchev–Trinajstić information content (AvgIpc) is 2.76. The molecule has 0 saturated heterocycles. The second-order valence-electron chi connectivity index (χ2n) is 6.52. The molecule has 1 aliphatic rings. The fourth-order valence-corrected chi connectivity index (χ4v) is 2.98. The molecule has 4 rings (SSSR count). The normalized spacial score (nSPS) is 15.1. The molecule has 152 valence electrons. The number of amides is 1. The van der Waals surface area contributed by atoms with Crippen LogP contribution in [0.5, 0.6) is 17.2 Å². The minimum atomic E-state index is -1.09. The number of fused-ring (bicyclic) bond motifs is 2. The maximum atomic E-state index is 12.4. The third-order valence-corrected chi connectivity index (χ3v) is 4.41. The van der Waals surface area contributed by atoms with E-state index in [0.717, 1.165) is 10.8 Å². The zero-order chi connectivity index (χ0) is 20.9. The van der Waals surface area contributed by atoms with Gasteiger partial charge in [-0.2, -0.15) is 5.10 Å². The average molecular weight is 406 g/mol. The number of para-hydroxylation sites is 1. The van der Waals surface area contributed by atoms with E-state index in [4.69, 9.17) is 19.3 Å². The molecule has 1 aliphatic heterocycles. The number of nitrogens with zero attached hydrogens (tertiary/aromatic N) is 1. The van der Waals surface area contributed by atoms with Crippen molar-refractivity contribution in [3.63, 3.8) is 0 Å². The van der Waals surface area contributed by atoms with Crippen molar-refractivity contribution in [2.75, 3.05) is 13.2 Å². The van der Waals surface area contributed by atoms with Crippen LogP contribution in [0.25, 0.3) is 10.8 Å². The molecule has 3 aromatic rings. The van der Waals surface area contributed by atoms with E-state index in [1.807, 2.05) is 36.4 Å². The standard InChI is InChI=1S/C22H18N2O6/c25-21(26)13-29-17-8-4-3-7-16(17)11-23-24-22(27)20-12-28-18-9-14-5-1-2-6-15(14)10-19(18)30-20/h1-11,20H,12-13H2,(H,24,27)(H,25,26). The number of hydrogen-bond acceptors (Lipinski definition) is 6. The number of nitrogens with one attached hydrogen (secondary N) is 1. The summed E-state index contributed by atoms with van der Waals surface area (Å²) in [5.74, 6) is -0.121. The first-order valence-corrected chi connectivity index (χ1v) is 9.19. The molecule has 0 bridgehead atoms. The zero-order valence-electron chi connectivity index (χ0n) is 15.8. The number of carbonyl (C=O) groups excluding carboxylic acids is 1. The molecule has 1 unspecified atom stereocenters. The van der Waals surface area contributed by atoms with Crippen LogP contribution in [0, 0.1) is 0 Å². The predicted octanol–water partition coefficient (Wildman–Crippen LogP) is 2.59. The number of benzene rings is 3. The molecule has 0 spiro atoms. The SMILES string of the molecule is O=C(O)COc1ccccc1C=NNC(=O)C1COc2cc3ccccc3cc2O1. The summed E-state index contributed by atoms with van der Waals surface area (Å²) in [5, 5.41) is 14.7. The number of hydrogen-bond donors (Lipinski definition) is 2. The minimum Gasteiger partial charge on any atom is -0.485 e. The van der Waals surface area contributed by atoms with E-state index in [0.29, 0.717) is 22.8 Å². The van der Waals surface area contributed by atoms with Gasteiger partial charge in [-0.05, 0) is 35.0 Å². The molecule has 0 aromatic heterocycles. The summed E-state index contributed by atoms with van der Waals surface area (Å²) in [7, 11) is 0. The number of carboxylic acid groups (broad SMARTS) is 1. The fourth-order valence-electron chi connectivity index (χ4n) is 2.98. The predicted molar refractivity (Wildman–Crippen MR) is 109 cm³/mol. The molecule has 8 heteroatoms. The van der Waals surface area contributed by atoms with E-state index in [-0.39, 0.29) is 6.61 Å². The van der Waals surface area contributed by atoms with Crippen molar-refractivity contribution in [1.82, 2.24) is 5.43 Å². The topological polar surface area (TPSA) is 106 Å². The van der Waals surface area contributed by atoms with E-state index >= 15 is 0 Å². The molecule has 1 heterocycles. The number of ether oxygens (including phenoxy) is 3. The number of carbonyl (C=O) groups is 2. The van der Waals surface area contributed by atoms with Crippen LogP contribution in [0.15, 0.2) is 65.8 Å². The monoisotopic (exact) mass is 406 g/mol. The lowest BCUT2D eigenvalue weighted by Crippen LogP contribution is -2.42. The third kappa shape index (κ3) is 4.33. The highest BCUT2D eigenvalue weighted by Crippen LogP contribution is 2.35. The Labute approximate surface area is 171 Å². The molecule has 1 amide bonds. The Morgan fingerprint density at radius 1 is 1.10 bits per heavy atom. The number of carboxylic acids is 1. The van der Waals surface area contributed by atoms with Crippen LogP contribution in [0.3, 0.4) is 0 Å². The van der Waals surface area contributed by atoms with E-state index < -0.39 is 24.6 Å². The number of aliphatic carboxylic acids is 1. The van der Waals surface area contributed by atoms with Gasteiger partial charge in [0.25, 0.3) is 5.91 Å². The first kappa shape index (κ1) is 19.3. The van der Waals surface area contributed by atoms with E-state index in [1.165, 1.54) is 6.21 Å². The highest BCUT2D eigenvalue weighted by Gasteiger charge is 2.27. The van der Waals surface area contributed by atoms with Gasteiger partial charge in [-0.15, -0.1) is 0 Å². The summed E-state index contributed by atoms with van der Waals surface area (Å²) in [6.07, 6.45) is 0.523. The lowest BCUT2D eigenvalue weighted by Gasteiger charge is -2.25. The molecule has 1 atom stereocenters. The van der Waals surface area contributed by atoms with Gasteiger partial charge in [0.05, 0.1) is 6.21 Å². The molecular formula is C22H18N2O6. The van der Waals surface area contributed by atoms with Crippen molar-refractivity contribution in [3.05, 3.63) is 66.2 Å². The minimum absolute atomic E-state index is 0.0605. The Bertz CT molecular complexity index is 1130. The van der Waals surface area contributed by atoms with Crippen LogP contribution >= 0.6 is 0 Å². The summed E-state index contributed by atoms with van der Waals surface area (Å²) in [6, 6.07) is 18.3. The fraction of sp³-hybridized carbons (Fsp3) is 0.136. The summed E-state index contributed by atoms with van der Waals surface area (Å²) in [5.41, 5.74) is 2.94. The Kier molecular flexibility index (Phi) is 5.47. The summed E-state index contributed by atoms with van der Waals surface area (Å²) in [4.78, 5) is 23.1. The van der Waals surface area contributed by atoms with Crippen molar-refractivity contribution in [1.29, 1.82) is 0 Å². The van der Waals surface area contributed by atoms with Crippen LogP contribution < -0.4 is 19.6 Å². The van der Waals surface area contributed by atoms with Gasteiger partial charge in [0.1, 0.15) is 12.4 Å². The van der Waals surface area contributed by atoms with Crippen LogP contribution in [0.2, 0.25) is 0 Å². The lowest BCUT2D eigenvalue weighted by molar-refractivity contribution is -0.139. The molecule has 0 saturated carbocycles. The first-order chi connectivity index (χ1) is 14.6. The van der Waals surface area contributed by atoms with Gasteiger partial charge in [0, 0.05) is 5.56 Å². The summed E-state index contributed by atoms with van der Waals surface area (Å²) < 4.78 is 16.7. The quantitative estimate of drug-likeness (QED) is 0.481. The molecule has 8 nitrogen and oxygen atoms in total.